The minimum absolute atomic E-state index is 0.247. The predicted octanol–water partition coefficient (Wildman–Crippen LogP) is -0.761. The monoisotopic (exact) mass is 273 g/mol. The molecule has 0 spiro atoms. The number of ether oxygens (including phenoxy) is 1. The molecule has 17 heavy (non-hydrogen) atoms. The Bertz CT molecular complexity index is 351. The van der Waals surface area contributed by atoms with Crippen LogP contribution in [0.5, 0.6) is 0 Å². The van der Waals surface area contributed by atoms with Crippen LogP contribution in [0.3, 0.4) is 0 Å². The molecular weight excluding hydrogens is 258 g/mol. The van der Waals surface area contributed by atoms with E-state index in [1.165, 1.54) is 13.8 Å². The van der Waals surface area contributed by atoms with Gasteiger partial charge in [-0.25, -0.2) is 4.18 Å². The molecule has 0 rings (SSSR count). The lowest BCUT2D eigenvalue weighted by molar-refractivity contribution is -0.564. The Kier molecular flexibility index (Phi) is 5.92. The van der Waals surface area contributed by atoms with Crippen LogP contribution >= 0.6 is 0 Å². The summed E-state index contributed by atoms with van der Waals surface area (Å²) in [4.78, 5) is 9.95. The zero-order valence-electron chi connectivity index (χ0n) is 9.40. The molecule has 1 unspecified atom stereocenters. The largest absolute Gasteiger partial charge is 0.397 e. The number of aliphatic hydroxyl groups is 1. The summed E-state index contributed by atoms with van der Waals surface area (Å²) in [5, 5.41) is 19.6. The molecule has 0 amide bonds. The van der Waals surface area contributed by atoms with Gasteiger partial charge in [-0.3, -0.25) is 14.7 Å². The molecule has 102 valence electrons. The van der Waals surface area contributed by atoms with Gasteiger partial charge >= 0.3 is 10.4 Å². The highest BCUT2D eigenvalue weighted by atomic mass is 32.3. The van der Waals surface area contributed by atoms with E-state index in [0.717, 1.165) is 0 Å². The molecule has 2 N–H and O–H groups in total. The van der Waals surface area contributed by atoms with Crippen LogP contribution in [0.1, 0.15) is 13.8 Å². The molecule has 0 aliphatic heterocycles. The molecule has 0 heterocycles. The Hall–Kier alpha value is -0.810. The molecule has 0 fully saturated rings. The standard InChI is InChI=1S/C7H15NO8S/c1-7(2,8(10)11)5-15-3-6(9)4-16-17(12,13)14/h6,9H,3-5H2,1-2H3,(H,12,13,14). The van der Waals surface area contributed by atoms with Crippen molar-refractivity contribution in [1.29, 1.82) is 0 Å². The minimum Gasteiger partial charge on any atom is -0.388 e. The van der Waals surface area contributed by atoms with E-state index in [-0.39, 0.29) is 13.2 Å². The van der Waals surface area contributed by atoms with E-state index in [1.54, 1.807) is 0 Å². The second kappa shape index (κ2) is 6.21. The summed E-state index contributed by atoms with van der Waals surface area (Å²) in [6.07, 6.45) is -1.31. The topological polar surface area (TPSA) is 136 Å². The van der Waals surface area contributed by atoms with E-state index in [2.05, 4.69) is 4.18 Å². The van der Waals surface area contributed by atoms with Crippen LogP contribution in [0.4, 0.5) is 0 Å². The van der Waals surface area contributed by atoms with Crippen molar-refractivity contribution >= 4 is 10.4 Å². The lowest BCUT2D eigenvalue weighted by atomic mass is 10.1. The van der Waals surface area contributed by atoms with Gasteiger partial charge in [-0.1, -0.05) is 0 Å². The minimum atomic E-state index is -4.61. The van der Waals surface area contributed by atoms with Gasteiger partial charge in [0.1, 0.15) is 12.7 Å². The summed E-state index contributed by atoms with van der Waals surface area (Å²) in [6.45, 7) is 1.41. The van der Waals surface area contributed by atoms with Gasteiger partial charge in [-0.05, 0) is 0 Å². The van der Waals surface area contributed by atoms with Gasteiger partial charge in [0, 0.05) is 18.8 Å². The average molecular weight is 273 g/mol. The van der Waals surface area contributed by atoms with Crippen molar-refractivity contribution in [2.24, 2.45) is 0 Å². The molecule has 0 aliphatic carbocycles. The molecule has 0 radical (unpaired) electrons. The maximum Gasteiger partial charge on any atom is 0.397 e. The quantitative estimate of drug-likeness (QED) is 0.334. The van der Waals surface area contributed by atoms with Crippen LogP contribution < -0.4 is 0 Å². The first-order valence-electron chi connectivity index (χ1n) is 4.57. The number of nitrogens with zero attached hydrogens (tertiary/aromatic N) is 1. The fraction of sp³-hybridized carbons (Fsp3) is 1.00. The van der Waals surface area contributed by atoms with E-state index in [1.807, 2.05) is 0 Å². The summed E-state index contributed by atoms with van der Waals surface area (Å²) >= 11 is 0. The number of aliphatic hydroxyl groups excluding tert-OH is 1. The van der Waals surface area contributed by atoms with Crippen molar-refractivity contribution in [3.63, 3.8) is 0 Å². The smallest absolute Gasteiger partial charge is 0.388 e. The molecular formula is C7H15NO8S. The van der Waals surface area contributed by atoms with Crippen molar-refractivity contribution in [1.82, 2.24) is 0 Å². The summed E-state index contributed by atoms with van der Waals surface area (Å²) < 4.78 is 37.2. The molecule has 0 aromatic carbocycles. The Balaban J connectivity index is 3.87. The second-order valence-electron chi connectivity index (χ2n) is 3.95. The van der Waals surface area contributed by atoms with E-state index in [4.69, 9.17) is 14.4 Å². The molecule has 1 atom stereocenters. The molecule has 0 saturated heterocycles. The first-order chi connectivity index (χ1) is 7.54. The molecule has 0 aromatic heterocycles. The first kappa shape index (κ1) is 16.2. The van der Waals surface area contributed by atoms with Gasteiger partial charge < -0.3 is 9.84 Å². The summed E-state index contributed by atoms with van der Waals surface area (Å²) in [7, 11) is -4.61. The Morgan fingerprint density at radius 3 is 2.35 bits per heavy atom. The molecule has 0 aliphatic rings. The predicted molar refractivity (Wildman–Crippen MR) is 55.4 cm³/mol. The summed E-state index contributed by atoms with van der Waals surface area (Å²) in [5.41, 5.74) is -1.30. The van der Waals surface area contributed by atoms with Crippen LogP contribution in [0.15, 0.2) is 0 Å². The molecule has 9 nitrogen and oxygen atoms in total. The third-order valence-corrected chi connectivity index (χ3v) is 2.10. The first-order valence-corrected chi connectivity index (χ1v) is 5.93. The van der Waals surface area contributed by atoms with Crippen molar-refractivity contribution < 1.29 is 31.9 Å². The van der Waals surface area contributed by atoms with E-state index in [0.29, 0.717) is 0 Å². The molecule has 0 aromatic rings. The van der Waals surface area contributed by atoms with Crippen molar-refractivity contribution in [2.45, 2.75) is 25.5 Å². The van der Waals surface area contributed by atoms with Gasteiger partial charge in [0.05, 0.1) is 13.2 Å². The normalized spacial score (nSPS) is 14.6. The zero-order valence-corrected chi connectivity index (χ0v) is 10.2. The van der Waals surface area contributed by atoms with Crippen molar-refractivity contribution in [3.05, 3.63) is 10.1 Å². The molecule has 0 saturated carbocycles. The molecule has 10 heteroatoms. The third kappa shape index (κ3) is 7.99. The van der Waals surface area contributed by atoms with Crippen LogP contribution in [-0.4, -0.2) is 54.5 Å². The number of hydrogen-bond donors (Lipinski definition) is 2. The number of hydrogen-bond acceptors (Lipinski definition) is 7. The lowest BCUT2D eigenvalue weighted by Gasteiger charge is -2.17. The highest BCUT2D eigenvalue weighted by Gasteiger charge is 2.31. The zero-order chi connectivity index (χ0) is 13.7. The summed E-state index contributed by atoms with van der Waals surface area (Å²) in [5.74, 6) is 0. The van der Waals surface area contributed by atoms with Gasteiger partial charge in [0.25, 0.3) is 0 Å². The van der Waals surface area contributed by atoms with Gasteiger partial charge in [-0.15, -0.1) is 0 Å². The van der Waals surface area contributed by atoms with Crippen molar-refractivity contribution in [3.8, 4) is 0 Å². The van der Waals surface area contributed by atoms with Crippen LogP contribution in [0, 0.1) is 10.1 Å². The fourth-order valence-electron chi connectivity index (χ4n) is 0.710. The lowest BCUT2D eigenvalue weighted by Crippen LogP contribution is -2.37. The summed E-state index contributed by atoms with van der Waals surface area (Å²) in [6, 6.07) is 0. The van der Waals surface area contributed by atoms with Gasteiger partial charge in [-0.2, -0.15) is 8.42 Å². The van der Waals surface area contributed by atoms with Gasteiger partial charge in [0.2, 0.25) is 5.54 Å². The highest BCUT2D eigenvalue weighted by Crippen LogP contribution is 2.08. The average Bonchev–Trinajstić information content (AvgIpc) is 2.13. The second-order valence-corrected chi connectivity index (χ2v) is 5.04. The van der Waals surface area contributed by atoms with E-state index < -0.39 is 33.6 Å². The van der Waals surface area contributed by atoms with Crippen LogP contribution in [0.25, 0.3) is 0 Å². The van der Waals surface area contributed by atoms with Crippen molar-refractivity contribution in [2.75, 3.05) is 19.8 Å². The van der Waals surface area contributed by atoms with Gasteiger partial charge in [0.15, 0.2) is 0 Å². The number of rotatable bonds is 8. The SMILES string of the molecule is CC(C)(COCC(O)COS(=O)(=O)O)[N+](=O)[O-]. The fourth-order valence-corrected chi connectivity index (χ4v) is 1.04. The van der Waals surface area contributed by atoms with E-state index in [9.17, 15) is 18.5 Å². The van der Waals surface area contributed by atoms with Crippen LogP contribution in [0.2, 0.25) is 0 Å². The number of nitro groups is 1. The van der Waals surface area contributed by atoms with E-state index >= 15 is 0 Å². The Morgan fingerprint density at radius 2 is 1.94 bits per heavy atom. The Morgan fingerprint density at radius 1 is 1.41 bits per heavy atom. The third-order valence-electron chi connectivity index (χ3n) is 1.67. The maximum atomic E-state index is 10.5. The maximum absolute atomic E-state index is 10.5. The highest BCUT2D eigenvalue weighted by molar-refractivity contribution is 7.80. The van der Waals surface area contributed by atoms with Crippen LogP contribution in [-0.2, 0) is 19.3 Å². The Labute approximate surface area is 98.4 Å². The molecule has 0 bridgehead atoms.